The van der Waals surface area contributed by atoms with Crippen molar-refractivity contribution >= 4 is 12.2 Å². The van der Waals surface area contributed by atoms with Gasteiger partial charge in [0.15, 0.2) is 5.82 Å². The van der Waals surface area contributed by atoms with E-state index in [-0.39, 0.29) is 18.1 Å². The first-order valence-corrected chi connectivity index (χ1v) is 14.1. The molecule has 0 amide bonds. The summed E-state index contributed by atoms with van der Waals surface area (Å²) in [6, 6.07) is 11.7. The molecule has 1 saturated carbocycles. The molecule has 0 aliphatic heterocycles. The third kappa shape index (κ3) is 4.92. The van der Waals surface area contributed by atoms with Crippen LogP contribution in [0.4, 0.5) is 0 Å². The molecule has 2 aliphatic rings. The lowest BCUT2D eigenvalue weighted by molar-refractivity contribution is 0.157. The Bertz CT molecular complexity index is 1460. The molecule has 1 fully saturated rings. The van der Waals surface area contributed by atoms with Crippen LogP contribution in [0.1, 0.15) is 110 Å². The lowest BCUT2D eigenvalue weighted by Gasteiger charge is -2.37. The van der Waals surface area contributed by atoms with Gasteiger partial charge in [0.1, 0.15) is 0 Å². The van der Waals surface area contributed by atoms with E-state index in [1.165, 1.54) is 6.42 Å². The Kier molecular flexibility index (Phi) is 8.08. The van der Waals surface area contributed by atoms with Crippen LogP contribution in [0.25, 0.3) is 0 Å². The SMILES string of the molecule is CC(N=C=O)c1ccc2c(c1)CCc1cc(C(C)N=C=O)ccc1C2(CCN)c1nc(=O)on1C1CCCCC1. The van der Waals surface area contributed by atoms with Gasteiger partial charge in [-0.05, 0) is 85.9 Å². The summed E-state index contributed by atoms with van der Waals surface area (Å²) in [5, 5.41) is 0. The number of fused-ring (bicyclic) bond motifs is 2. The highest BCUT2D eigenvalue weighted by Crippen LogP contribution is 2.48. The molecule has 0 radical (unpaired) electrons. The Labute approximate surface area is 233 Å². The van der Waals surface area contributed by atoms with E-state index in [4.69, 9.17) is 10.3 Å². The van der Waals surface area contributed by atoms with E-state index in [1.807, 2.05) is 26.0 Å². The number of carbonyl (C=O) groups excluding carboxylic acids is 2. The van der Waals surface area contributed by atoms with Crippen molar-refractivity contribution in [1.29, 1.82) is 0 Å². The molecule has 2 aromatic carbocycles. The van der Waals surface area contributed by atoms with Gasteiger partial charge < -0.3 is 10.3 Å². The number of hydrogen-bond donors (Lipinski definition) is 1. The highest BCUT2D eigenvalue weighted by atomic mass is 16.5. The molecule has 2 N–H and O–H groups in total. The van der Waals surface area contributed by atoms with Gasteiger partial charge in [0, 0.05) is 0 Å². The van der Waals surface area contributed by atoms with Gasteiger partial charge in [0.2, 0.25) is 12.2 Å². The Hall–Kier alpha value is -3.90. The molecule has 2 aliphatic carbocycles. The number of aliphatic imine (C=N–C) groups is 2. The highest BCUT2D eigenvalue weighted by molar-refractivity contribution is 5.56. The second-order valence-corrected chi connectivity index (χ2v) is 11.0. The van der Waals surface area contributed by atoms with Crippen LogP contribution in [0.2, 0.25) is 0 Å². The minimum absolute atomic E-state index is 0.0474. The maximum atomic E-state index is 12.9. The zero-order valence-electron chi connectivity index (χ0n) is 23.1. The molecule has 2 unspecified atom stereocenters. The first kappa shape index (κ1) is 27.7. The largest absolute Gasteiger partial charge is 0.459 e. The number of aromatic nitrogens is 2. The topological polar surface area (TPSA) is 133 Å². The third-order valence-corrected chi connectivity index (χ3v) is 8.69. The summed E-state index contributed by atoms with van der Waals surface area (Å²) in [6.45, 7) is 4.08. The maximum absolute atomic E-state index is 12.9. The summed E-state index contributed by atoms with van der Waals surface area (Å²) in [5.41, 5.74) is 11.5. The van der Waals surface area contributed by atoms with E-state index in [1.54, 1.807) is 16.9 Å². The molecule has 1 aromatic heterocycles. The van der Waals surface area contributed by atoms with Gasteiger partial charge in [-0.1, -0.05) is 55.7 Å². The van der Waals surface area contributed by atoms with Crippen molar-refractivity contribution in [3.8, 4) is 0 Å². The smallest absolute Gasteiger partial charge is 0.330 e. The summed E-state index contributed by atoms with van der Waals surface area (Å²) >= 11 is 0. The molecule has 0 bridgehead atoms. The molecule has 3 aromatic rings. The predicted octanol–water partition coefficient (Wildman–Crippen LogP) is 4.92. The molecular weight excluding hydrogens is 506 g/mol. The molecular formula is C31H35N5O4. The molecule has 5 rings (SSSR count). The standard InChI is InChI=1S/C31H35N5O4/c1-20(33-18-37)22-10-12-27-24(16-22)8-9-25-17-23(21(2)34-19-38)11-13-28(25)31(27,14-15-32)29-35-30(39)40-36(29)26-6-4-3-5-7-26/h10-13,16-17,20-21,26H,3-9,14-15,32H2,1-2H3. The first-order chi connectivity index (χ1) is 19.4. The molecule has 9 heteroatoms. The normalized spacial score (nSPS) is 20.3. The number of rotatable bonds is 8. The lowest BCUT2D eigenvalue weighted by Crippen LogP contribution is -2.37. The quantitative estimate of drug-likeness (QED) is 0.318. The highest BCUT2D eigenvalue weighted by Gasteiger charge is 2.46. The van der Waals surface area contributed by atoms with Crippen LogP contribution in [0.15, 0.2) is 55.7 Å². The van der Waals surface area contributed by atoms with Crippen LogP contribution in [0.5, 0.6) is 0 Å². The summed E-state index contributed by atoms with van der Waals surface area (Å²) < 4.78 is 7.60. The van der Waals surface area contributed by atoms with Gasteiger partial charge >= 0.3 is 5.76 Å². The Balaban J connectivity index is 1.81. The van der Waals surface area contributed by atoms with E-state index in [2.05, 4.69) is 39.2 Å². The van der Waals surface area contributed by atoms with E-state index < -0.39 is 11.2 Å². The van der Waals surface area contributed by atoms with Gasteiger partial charge in [-0.3, -0.25) is 0 Å². The van der Waals surface area contributed by atoms with Crippen LogP contribution >= 0.6 is 0 Å². The summed E-state index contributed by atoms with van der Waals surface area (Å²) in [7, 11) is 0. The van der Waals surface area contributed by atoms with Crippen molar-refractivity contribution < 1.29 is 14.1 Å². The fourth-order valence-corrected chi connectivity index (χ4v) is 6.68. The molecule has 9 nitrogen and oxygen atoms in total. The van der Waals surface area contributed by atoms with E-state index in [9.17, 15) is 14.4 Å². The van der Waals surface area contributed by atoms with Crippen molar-refractivity contribution in [2.24, 2.45) is 15.7 Å². The van der Waals surface area contributed by atoms with Gasteiger partial charge in [0.25, 0.3) is 0 Å². The summed E-state index contributed by atoms with van der Waals surface area (Å²) in [4.78, 5) is 47.2. The van der Waals surface area contributed by atoms with Crippen molar-refractivity contribution in [3.63, 3.8) is 0 Å². The van der Waals surface area contributed by atoms with Crippen LogP contribution in [-0.4, -0.2) is 28.4 Å². The number of isocyanates is 2. The minimum atomic E-state index is -0.842. The van der Waals surface area contributed by atoms with Gasteiger partial charge in [-0.15, -0.1) is 0 Å². The number of aryl methyl sites for hydroxylation is 2. The second kappa shape index (κ2) is 11.7. The summed E-state index contributed by atoms with van der Waals surface area (Å²) in [5.74, 6) is -0.0295. The molecule has 0 spiro atoms. The maximum Gasteiger partial charge on any atom is 0.459 e. The predicted molar refractivity (Wildman–Crippen MR) is 150 cm³/mol. The van der Waals surface area contributed by atoms with Crippen molar-refractivity contribution in [1.82, 2.24) is 9.72 Å². The lowest BCUT2D eigenvalue weighted by atomic mass is 9.68. The average molecular weight is 542 g/mol. The monoisotopic (exact) mass is 541 g/mol. The zero-order valence-corrected chi connectivity index (χ0v) is 23.1. The third-order valence-electron chi connectivity index (χ3n) is 8.69. The number of nitrogens with zero attached hydrogens (tertiary/aromatic N) is 4. The summed E-state index contributed by atoms with van der Waals surface area (Å²) in [6.07, 6.45) is 10.4. The van der Waals surface area contributed by atoms with Crippen LogP contribution in [0.3, 0.4) is 0 Å². The van der Waals surface area contributed by atoms with Crippen molar-refractivity contribution in [3.05, 3.63) is 86.2 Å². The van der Waals surface area contributed by atoms with Gasteiger partial charge in [0.05, 0.1) is 23.5 Å². The number of nitrogens with two attached hydrogens (primary N) is 1. The zero-order chi connectivity index (χ0) is 28.3. The van der Waals surface area contributed by atoms with E-state index >= 15 is 0 Å². The van der Waals surface area contributed by atoms with Crippen LogP contribution in [0, 0.1) is 0 Å². The molecule has 0 saturated heterocycles. The van der Waals surface area contributed by atoms with E-state index in [0.717, 1.165) is 71.9 Å². The molecule has 208 valence electrons. The first-order valence-electron chi connectivity index (χ1n) is 14.1. The van der Waals surface area contributed by atoms with Gasteiger partial charge in [-0.2, -0.15) is 19.7 Å². The molecule has 40 heavy (non-hydrogen) atoms. The Morgan fingerprint density at radius 1 is 0.975 bits per heavy atom. The number of benzene rings is 2. The van der Waals surface area contributed by atoms with Crippen LogP contribution in [-0.2, 0) is 27.8 Å². The van der Waals surface area contributed by atoms with Crippen molar-refractivity contribution in [2.75, 3.05) is 6.54 Å². The van der Waals surface area contributed by atoms with Crippen LogP contribution < -0.4 is 11.5 Å². The molecule has 1 heterocycles. The fourth-order valence-electron chi connectivity index (χ4n) is 6.68. The average Bonchev–Trinajstić information content (AvgIpc) is 3.31. The van der Waals surface area contributed by atoms with Gasteiger partial charge in [-0.25, -0.2) is 14.4 Å². The van der Waals surface area contributed by atoms with E-state index in [0.29, 0.717) is 18.8 Å². The van der Waals surface area contributed by atoms with Crippen molar-refractivity contribution in [2.45, 2.75) is 88.8 Å². The molecule has 2 atom stereocenters. The number of hydrogen-bond acceptors (Lipinski definition) is 8. The fraction of sp³-hybridized carbons (Fsp3) is 0.484. The Morgan fingerprint density at radius 2 is 1.52 bits per heavy atom. The Morgan fingerprint density at radius 3 is 2.02 bits per heavy atom. The minimum Gasteiger partial charge on any atom is -0.330 e. The second-order valence-electron chi connectivity index (χ2n) is 11.0.